The first-order valence-corrected chi connectivity index (χ1v) is 13.3. The van der Waals surface area contributed by atoms with Gasteiger partial charge in [-0.15, -0.1) is 11.3 Å². The Morgan fingerprint density at radius 3 is 2.58 bits per heavy atom. The van der Waals surface area contributed by atoms with Gasteiger partial charge in [0.05, 0.1) is 15.9 Å². The molecule has 1 saturated heterocycles. The van der Waals surface area contributed by atoms with E-state index in [-0.39, 0.29) is 23.8 Å². The molecule has 2 aromatic heterocycles. The molecule has 1 aliphatic heterocycles. The van der Waals surface area contributed by atoms with Crippen LogP contribution in [0.25, 0.3) is 10.2 Å². The lowest BCUT2D eigenvalue weighted by atomic mass is 9.91. The van der Waals surface area contributed by atoms with Gasteiger partial charge in [-0.05, 0) is 68.5 Å². The number of carbonyl (C=O) groups excluding carboxylic acids is 1. The number of rotatable bonds is 7. The Morgan fingerprint density at radius 2 is 1.86 bits per heavy atom. The average Bonchev–Trinajstić information content (AvgIpc) is 3.35. The molecule has 0 bridgehead atoms. The van der Waals surface area contributed by atoms with Gasteiger partial charge in [-0.25, -0.2) is 9.37 Å². The molecular weight excluding hydrogens is 477 g/mol. The molecule has 1 amide bonds. The van der Waals surface area contributed by atoms with E-state index in [2.05, 4.69) is 44.4 Å². The molecule has 0 unspecified atom stereocenters. The molecule has 0 radical (unpaired) electrons. The van der Waals surface area contributed by atoms with Crippen LogP contribution in [0.4, 0.5) is 27.5 Å². The fourth-order valence-corrected chi connectivity index (χ4v) is 5.65. The number of nitrogens with zero attached hydrogens (tertiary/aromatic N) is 4. The zero-order valence-corrected chi connectivity index (χ0v) is 21.3. The lowest BCUT2D eigenvalue weighted by Gasteiger charge is -2.34. The maximum Gasteiger partial charge on any atom is 0.243 e. The van der Waals surface area contributed by atoms with Crippen molar-refractivity contribution < 1.29 is 9.18 Å². The van der Waals surface area contributed by atoms with Gasteiger partial charge in [-0.2, -0.15) is 4.98 Å². The second kappa shape index (κ2) is 10.8. The minimum atomic E-state index is -0.250. The summed E-state index contributed by atoms with van der Waals surface area (Å²) in [4.78, 5) is 25.3. The van der Waals surface area contributed by atoms with Crippen LogP contribution in [0.1, 0.15) is 25.7 Å². The number of nitrogens with one attached hydrogen (secondary N) is 3. The van der Waals surface area contributed by atoms with E-state index in [4.69, 9.17) is 4.98 Å². The number of benzene rings is 1. The predicted octanol–water partition coefficient (Wildman–Crippen LogP) is 4.35. The van der Waals surface area contributed by atoms with Crippen LogP contribution < -0.4 is 20.9 Å². The second-order valence-corrected chi connectivity index (χ2v) is 10.4. The lowest BCUT2D eigenvalue weighted by Crippen LogP contribution is -2.44. The molecule has 10 heteroatoms. The summed E-state index contributed by atoms with van der Waals surface area (Å²) < 4.78 is 16.0. The quantitative estimate of drug-likeness (QED) is 0.408. The zero-order valence-electron chi connectivity index (χ0n) is 20.5. The summed E-state index contributed by atoms with van der Waals surface area (Å²) in [5, 5.41) is 11.8. The minimum Gasteiger partial charge on any atom is -0.367 e. The van der Waals surface area contributed by atoms with E-state index in [1.807, 2.05) is 23.6 Å². The van der Waals surface area contributed by atoms with Crippen LogP contribution >= 0.6 is 11.3 Å². The Morgan fingerprint density at radius 1 is 1.11 bits per heavy atom. The largest absolute Gasteiger partial charge is 0.367 e. The van der Waals surface area contributed by atoms with Crippen LogP contribution in [-0.2, 0) is 4.79 Å². The van der Waals surface area contributed by atoms with Gasteiger partial charge in [0.2, 0.25) is 11.9 Å². The molecule has 5 rings (SSSR count). The lowest BCUT2D eigenvalue weighted by molar-refractivity contribution is -0.117. The molecule has 190 valence electrons. The number of carbonyl (C=O) groups is 1. The molecule has 1 aliphatic carbocycles. The molecule has 0 atom stereocenters. The maximum absolute atomic E-state index is 15.0. The molecule has 0 spiro atoms. The fourth-order valence-electron chi connectivity index (χ4n) is 4.87. The first-order chi connectivity index (χ1) is 17.5. The third-order valence-electron chi connectivity index (χ3n) is 6.95. The molecular formula is C26H32FN7OS. The number of aromatic nitrogens is 2. The van der Waals surface area contributed by atoms with Gasteiger partial charge < -0.3 is 25.8 Å². The summed E-state index contributed by atoms with van der Waals surface area (Å²) in [5.41, 5.74) is 2.09. The van der Waals surface area contributed by atoms with Gasteiger partial charge in [0.15, 0.2) is 0 Å². The summed E-state index contributed by atoms with van der Waals surface area (Å²) in [6, 6.07) is 7.63. The Balaban J connectivity index is 1.28. The Hall–Kier alpha value is -3.24. The number of fused-ring (bicyclic) bond motifs is 1. The first kappa shape index (κ1) is 24.5. The summed E-state index contributed by atoms with van der Waals surface area (Å²) in [6.45, 7) is 7.01. The van der Waals surface area contributed by atoms with Gasteiger partial charge in [-0.3, -0.25) is 4.79 Å². The van der Waals surface area contributed by atoms with Crippen LogP contribution in [0.15, 0.2) is 42.3 Å². The number of halogens is 1. The number of piperazine rings is 1. The Bertz CT molecular complexity index is 1230. The van der Waals surface area contributed by atoms with E-state index in [1.165, 1.54) is 12.1 Å². The van der Waals surface area contributed by atoms with Crippen LogP contribution in [0.3, 0.4) is 0 Å². The van der Waals surface area contributed by atoms with Gasteiger partial charge >= 0.3 is 0 Å². The highest BCUT2D eigenvalue weighted by Crippen LogP contribution is 2.32. The third kappa shape index (κ3) is 5.60. The maximum atomic E-state index is 15.0. The number of likely N-dealkylation sites (N-methyl/N-ethyl adjacent to an activating group) is 1. The van der Waals surface area contributed by atoms with Gasteiger partial charge in [0.1, 0.15) is 11.6 Å². The highest BCUT2D eigenvalue weighted by molar-refractivity contribution is 7.17. The van der Waals surface area contributed by atoms with E-state index in [1.54, 1.807) is 11.3 Å². The monoisotopic (exact) mass is 509 g/mol. The third-order valence-corrected chi connectivity index (χ3v) is 7.86. The van der Waals surface area contributed by atoms with E-state index in [0.717, 1.165) is 67.9 Å². The van der Waals surface area contributed by atoms with Crippen molar-refractivity contribution in [3.05, 3.63) is 48.1 Å². The van der Waals surface area contributed by atoms with Crippen LogP contribution in [0.5, 0.6) is 0 Å². The molecule has 1 saturated carbocycles. The normalized spacial score (nSPS) is 20.8. The number of hydrogen-bond acceptors (Lipinski definition) is 8. The standard InChI is InChI=1S/C26H32FN7OS/c1-3-23(35)28-17-4-6-18(7-5-17)29-25-24-21(10-15-36-24)31-26(32-25)30-19-8-9-22(20(27)16-19)34-13-11-33(2)12-14-34/h3,8-10,15-18H,1,4-7,11-14H2,2H3,(H,28,35)(H2,29,30,31,32). The highest BCUT2D eigenvalue weighted by Gasteiger charge is 2.23. The van der Waals surface area contributed by atoms with Crippen molar-refractivity contribution in [2.45, 2.75) is 37.8 Å². The molecule has 2 aliphatic rings. The molecule has 3 N–H and O–H groups in total. The van der Waals surface area contributed by atoms with Crippen molar-refractivity contribution in [2.75, 3.05) is 48.8 Å². The smallest absolute Gasteiger partial charge is 0.243 e. The Labute approximate surface area is 214 Å². The second-order valence-electron chi connectivity index (χ2n) is 9.52. The van der Waals surface area contributed by atoms with Crippen molar-refractivity contribution in [3.63, 3.8) is 0 Å². The molecule has 1 aromatic carbocycles. The average molecular weight is 510 g/mol. The molecule has 2 fully saturated rings. The van der Waals surface area contributed by atoms with Crippen molar-refractivity contribution in [3.8, 4) is 0 Å². The number of amides is 1. The van der Waals surface area contributed by atoms with Crippen molar-refractivity contribution >= 4 is 50.6 Å². The molecule has 8 nitrogen and oxygen atoms in total. The molecule has 3 aromatic rings. The van der Waals surface area contributed by atoms with Crippen LogP contribution in [0, 0.1) is 5.82 Å². The summed E-state index contributed by atoms with van der Waals surface area (Å²) in [6.07, 6.45) is 4.99. The van der Waals surface area contributed by atoms with E-state index in [9.17, 15) is 9.18 Å². The number of anilines is 4. The molecule has 36 heavy (non-hydrogen) atoms. The van der Waals surface area contributed by atoms with E-state index < -0.39 is 0 Å². The number of hydrogen-bond donors (Lipinski definition) is 3. The van der Waals surface area contributed by atoms with Crippen LogP contribution in [-0.4, -0.2) is 66.1 Å². The van der Waals surface area contributed by atoms with Crippen molar-refractivity contribution in [1.29, 1.82) is 0 Å². The Kier molecular flexibility index (Phi) is 7.33. The minimum absolute atomic E-state index is 0.119. The first-order valence-electron chi connectivity index (χ1n) is 12.4. The highest BCUT2D eigenvalue weighted by atomic mass is 32.1. The SMILES string of the molecule is C=CC(=O)NC1CCC(Nc2nc(Nc3ccc(N4CCN(C)CC4)c(F)c3)nc3ccsc23)CC1. The van der Waals surface area contributed by atoms with E-state index >= 15 is 0 Å². The predicted molar refractivity (Wildman–Crippen MR) is 145 cm³/mol. The number of thiophene rings is 1. The topological polar surface area (TPSA) is 85.4 Å². The summed E-state index contributed by atoms with van der Waals surface area (Å²) in [5.74, 6) is 0.846. The van der Waals surface area contributed by atoms with Gasteiger partial charge in [0.25, 0.3) is 0 Å². The fraction of sp³-hybridized carbons (Fsp3) is 0.423. The van der Waals surface area contributed by atoms with Crippen molar-refractivity contribution in [1.82, 2.24) is 20.2 Å². The van der Waals surface area contributed by atoms with Gasteiger partial charge in [0, 0.05) is 44.0 Å². The van der Waals surface area contributed by atoms with Gasteiger partial charge in [-0.1, -0.05) is 6.58 Å². The summed E-state index contributed by atoms with van der Waals surface area (Å²) in [7, 11) is 2.09. The molecule has 3 heterocycles. The van der Waals surface area contributed by atoms with Crippen LogP contribution in [0.2, 0.25) is 0 Å². The van der Waals surface area contributed by atoms with E-state index in [0.29, 0.717) is 17.3 Å². The summed E-state index contributed by atoms with van der Waals surface area (Å²) >= 11 is 1.60. The zero-order chi connectivity index (χ0) is 25.1. The van der Waals surface area contributed by atoms with Crippen molar-refractivity contribution in [2.24, 2.45) is 0 Å².